The highest BCUT2D eigenvalue weighted by Gasteiger charge is 2.30. The maximum absolute atomic E-state index is 3.52. The van der Waals surface area contributed by atoms with Gasteiger partial charge in [0, 0.05) is 43.8 Å². The summed E-state index contributed by atoms with van der Waals surface area (Å²) in [6, 6.07) is 2.74. The first-order valence-electron chi connectivity index (χ1n) is 9.36. The lowest BCUT2D eigenvalue weighted by Crippen LogP contribution is -2.52. The summed E-state index contributed by atoms with van der Waals surface area (Å²) < 4.78 is 0. The summed E-state index contributed by atoms with van der Waals surface area (Å²) in [5.41, 5.74) is 0. The summed E-state index contributed by atoms with van der Waals surface area (Å²) in [7, 11) is 4.23. The molecule has 2 rings (SSSR count). The van der Waals surface area contributed by atoms with Crippen molar-refractivity contribution in [2.45, 2.75) is 70.6 Å². The Labute approximate surface area is 138 Å². The molecule has 4 heteroatoms. The van der Waals surface area contributed by atoms with E-state index in [4.69, 9.17) is 0 Å². The number of hydrogen-bond donors (Lipinski definition) is 2. The number of rotatable bonds is 6. The maximum Gasteiger partial charge on any atom is 0.0195 e. The van der Waals surface area contributed by atoms with E-state index in [9.17, 15) is 0 Å². The highest BCUT2D eigenvalue weighted by Crippen LogP contribution is 2.25. The predicted octanol–water partition coefficient (Wildman–Crippen LogP) is 1.77. The summed E-state index contributed by atoms with van der Waals surface area (Å²) in [6.07, 6.45) is 5.37. The SMILES string of the molecule is CN[C@@H]1CCCN(C(C)CC2C[C@H](NC)CN(C(C)C)C2)C1. The molecule has 2 heterocycles. The predicted molar refractivity (Wildman–Crippen MR) is 95.4 cm³/mol. The summed E-state index contributed by atoms with van der Waals surface area (Å²) in [6.45, 7) is 12.1. The molecule has 130 valence electrons. The van der Waals surface area contributed by atoms with Gasteiger partial charge >= 0.3 is 0 Å². The number of nitrogens with zero attached hydrogens (tertiary/aromatic N) is 2. The smallest absolute Gasteiger partial charge is 0.0195 e. The number of hydrogen-bond acceptors (Lipinski definition) is 4. The van der Waals surface area contributed by atoms with Crippen molar-refractivity contribution in [2.24, 2.45) is 5.92 Å². The third kappa shape index (κ3) is 4.92. The standard InChI is InChI=1S/C18H38N4/c1-14(2)22-11-16(10-18(13-22)20-5)9-15(3)21-8-6-7-17(12-21)19-4/h14-20H,6-13H2,1-5H3/t15?,16?,17-,18+/m1/s1. The van der Waals surface area contributed by atoms with Crippen molar-refractivity contribution in [1.82, 2.24) is 20.4 Å². The molecule has 0 spiro atoms. The molecule has 0 bridgehead atoms. The number of nitrogens with one attached hydrogen (secondary N) is 2. The van der Waals surface area contributed by atoms with Crippen LogP contribution in [-0.4, -0.2) is 74.2 Å². The van der Waals surface area contributed by atoms with Gasteiger partial charge in [-0.25, -0.2) is 0 Å². The lowest BCUT2D eigenvalue weighted by atomic mass is 9.87. The fourth-order valence-corrected chi connectivity index (χ4v) is 4.32. The van der Waals surface area contributed by atoms with Crippen LogP contribution in [0, 0.1) is 5.92 Å². The van der Waals surface area contributed by atoms with Crippen LogP contribution in [0.2, 0.25) is 0 Å². The van der Waals surface area contributed by atoms with E-state index < -0.39 is 0 Å². The molecule has 2 N–H and O–H groups in total. The Hall–Kier alpha value is -0.160. The average molecular weight is 311 g/mol. The topological polar surface area (TPSA) is 30.5 Å². The van der Waals surface area contributed by atoms with E-state index in [1.807, 2.05) is 0 Å². The molecule has 0 aromatic rings. The Bertz CT molecular complexity index is 320. The van der Waals surface area contributed by atoms with Gasteiger partial charge in [0.05, 0.1) is 0 Å². The molecule has 0 amide bonds. The molecule has 2 unspecified atom stereocenters. The van der Waals surface area contributed by atoms with E-state index in [1.165, 1.54) is 51.9 Å². The second-order valence-corrected chi connectivity index (χ2v) is 7.84. The zero-order valence-electron chi connectivity index (χ0n) is 15.4. The van der Waals surface area contributed by atoms with Crippen LogP contribution in [0.1, 0.15) is 46.5 Å². The van der Waals surface area contributed by atoms with Gasteiger partial charge in [0.15, 0.2) is 0 Å². The second-order valence-electron chi connectivity index (χ2n) is 7.84. The molecular weight excluding hydrogens is 272 g/mol. The first-order valence-corrected chi connectivity index (χ1v) is 9.36. The lowest BCUT2D eigenvalue weighted by molar-refractivity contribution is 0.0783. The fourth-order valence-electron chi connectivity index (χ4n) is 4.32. The van der Waals surface area contributed by atoms with E-state index in [1.54, 1.807) is 0 Å². The van der Waals surface area contributed by atoms with Crippen molar-refractivity contribution < 1.29 is 0 Å². The van der Waals surface area contributed by atoms with Gasteiger partial charge in [0.2, 0.25) is 0 Å². The quantitative estimate of drug-likeness (QED) is 0.783. The van der Waals surface area contributed by atoms with Gasteiger partial charge in [-0.2, -0.15) is 0 Å². The van der Waals surface area contributed by atoms with Crippen molar-refractivity contribution in [2.75, 3.05) is 40.3 Å². The molecule has 2 aliphatic heterocycles. The van der Waals surface area contributed by atoms with E-state index >= 15 is 0 Å². The highest BCUT2D eigenvalue weighted by molar-refractivity contribution is 4.87. The zero-order valence-corrected chi connectivity index (χ0v) is 15.4. The molecule has 0 aromatic carbocycles. The van der Waals surface area contributed by atoms with Gasteiger partial charge in [0.25, 0.3) is 0 Å². The van der Waals surface area contributed by atoms with E-state index in [-0.39, 0.29) is 0 Å². The van der Waals surface area contributed by atoms with Gasteiger partial charge in [-0.1, -0.05) is 0 Å². The average Bonchev–Trinajstić information content (AvgIpc) is 2.54. The first-order chi connectivity index (χ1) is 10.5. The van der Waals surface area contributed by atoms with Crippen molar-refractivity contribution >= 4 is 0 Å². The van der Waals surface area contributed by atoms with Crippen LogP contribution in [0.5, 0.6) is 0 Å². The summed E-state index contributed by atoms with van der Waals surface area (Å²) in [4.78, 5) is 5.38. The minimum Gasteiger partial charge on any atom is -0.316 e. The van der Waals surface area contributed by atoms with Gasteiger partial charge in [-0.15, -0.1) is 0 Å². The molecule has 4 nitrogen and oxygen atoms in total. The van der Waals surface area contributed by atoms with Crippen LogP contribution in [0.4, 0.5) is 0 Å². The van der Waals surface area contributed by atoms with Gasteiger partial charge in [-0.3, -0.25) is 9.80 Å². The number of likely N-dealkylation sites (N-methyl/N-ethyl adjacent to an activating group) is 2. The Balaban J connectivity index is 1.87. The fraction of sp³-hybridized carbons (Fsp3) is 1.00. The maximum atomic E-state index is 3.52. The summed E-state index contributed by atoms with van der Waals surface area (Å²) >= 11 is 0. The Morgan fingerprint density at radius 1 is 0.955 bits per heavy atom. The molecule has 2 fully saturated rings. The lowest BCUT2D eigenvalue weighted by Gasteiger charge is -2.43. The Morgan fingerprint density at radius 3 is 2.27 bits per heavy atom. The van der Waals surface area contributed by atoms with E-state index in [0.717, 1.165) is 5.92 Å². The van der Waals surface area contributed by atoms with Crippen LogP contribution in [0.25, 0.3) is 0 Å². The number of likely N-dealkylation sites (tertiary alicyclic amines) is 2. The van der Waals surface area contributed by atoms with Gasteiger partial charge in [-0.05, 0) is 73.0 Å². The van der Waals surface area contributed by atoms with Crippen LogP contribution >= 0.6 is 0 Å². The van der Waals surface area contributed by atoms with Crippen LogP contribution in [0.3, 0.4) is 0 Å². The van der Waals surface area contributed by atoms with Crippen molar-refractivity contribution in [3.8, 4) is 0 Å². The molecule has 22 heavy (non-hydrogen) atoms. The van der Waals surface area contributed by atoms with E-state index in [2.05, 4.69) is 55.3 Å². The molecule has 0 aliphatic carbocycles. The molecule has 2 saturated heterocycles. The minimum atomic E-state index is 0.664. The van der Waals surface area contributed by atoms with Gasteiger partial charge in [0.1, 0.15) is 0 Å². The van der Waals surface area contributed by atoms with Crippen LogP contribution in [-0.2, 0) is 0 Å². The molecule has 0 saturated carbocycles. The van der Waals surface area contributed by atoms with Crippen molar-refractivity contribution in [3.63, 3.8) is 0 Å². The van der Waals surface area contributed by atoms with Crippen LogP contribution in [0.15, 0.2) is 0 Å². The molecule has 0 radical (unpaired) electrons. The minimum absolute atomic E-state index is 0.664. The Kier molecular flexibility index (Phi) is 7.13. The molecule has 4 atom stereocenters. The van der Waals surface area contributed by atoms with E-state index in [0.29, 0.717) is 24.2 Å². The van der Waals surface area contributed by atoms with Crippen molar-refractivity contribution in [1.29, 1.82) is 0 Å². The largest absolute Gasteiger partial charge is 0.316 e. The summed E-state index contributed by atoms with van der Waals surface area (Å²) in [5.74, 6) is 0.832. The molecular formula is C18H38N4. The highest BCUT2D eigenvalue weighted by atomic mass is 15.2. The zero-order chi connectivity index (χ0) is 16.1. The summed E-state index contributed by atoms with van der Waals surface area (Å²) in [5, 5.41) is 6.99. The molecule has 0 aromatic heterocycles. The third-order valence-corrected chi connectivity index (χ3v) is 5.86. The van der Waals surface area contributed by atoms with Gasteiger partial charge < -0.3 is 10.6 Å². The normalized spacial score (nSPS) is 33.3. The monoisotopic (exact) mass is 310 g/mol. The Morgan fingerprint density at radius 2 is 1.64 bits per heavy atom. The second kappa shape index (κ2) is 8.62. The molecule has 2 aliphatic rings. The van der Waals surface area contributed by atoms with Crippen molar-refractivity contribution in [3.05, 3.63) is 0 Å². The first kappa shape index (κ1) is 18.2. The third-order valence-electron chi connectivity index (χ3n) is 5.86. The number of piperidine rings is 2. The van der Waals surface area contributed by atoms with Crippen LogP contribution < -0.4 is 10.6 Å².